The minimum Gasteiger partial charge on any atom is -0.479 e. The molecule has 0 aliphatic heterocycles. The van der Waals surface area contributed by atoms with Gasteiger partial charge in [0.05, 0.1) is 18.4 Å². The highest BCUT2D eigenvalue weighted by Gasteiger charge is 2.18. The Morgan fingerprint density at radius 2 is 2.14 bits per heavy atom. The van der Waals surface area contributed by atoms with Gasteiger partial charge >= 0.3 is 0 Å². The number of hydrogen-bond acceptors (Lipinski definition) is 7. The number of carbonyl (C=O) groups excluding carboxylic acids is 1. The molecule has 142 valence electrons. The number of ether oxygens (including phenoxy) is 1. The molecule has 0 radical (unpaired) electrons. The lowest BCUT2D eigenvalue weighted by atomic mass is 10.1. The van der Waals surface area contributed by atoms with Crippen LogP contribution in [0.1, 0.15) is 21.8 Å². The molecule has 1 N–H and O–H groups in total. The van der Waals surface area contributed by atoms with Gasteiger partial charge in [-0.2, -0.15) is 4.98 Å². The maximum atomic E-state index is 12.7. The molecule has 0 fully saturated rings. The molecule has 1 amide bonds. The molecule has 28 heavy (non-hydrogen) atoms. The molecule has 8 nitrogen and oxygen atoms in total. The van der Waals surface area contributed by atoms with Crippen molar-refractivity contribution in [3.63, 3.8) is 0 Å². The molecule has 0 unspecified atom stereocenters. The summed E-state index contributed by atoms with van der Waals surface area (Å²) < 4.78 is 12.1. The number of benzene rings is 1. The Morgan fingerprint density at radius 1 is 1.29 bits per heavy atom. The predicted octanol–water partition coefficient (Wildman–Crippen LogP) is 3.38. The normalized spacial score (nSPS) is 10.8. The Morgan fingerprint density at radius 3 is 2.93 bits per heavy atom. The monoisotopic (exact) mass is 395 g/mol. The van der Waals surface area contributed by atoms with Crippen LogP contribution in [-0.4, -0.2) is 32.9 Å². The van der Waals surface area contributed by atoms with E-state index in [1.54, 1.807) is 24.6 Å². The van der Waals surface area contributed by atoms with Gasteiger partial charge in [-0.1, -0.05) is 29.4 Å². The van der Waals surface area contributed by atoms with E-state index in [0.29, 0.717) is 29.4 Å². The van der Waals surface area contributed by atoms with Crippen molar-refractivity contribution in [2.24, 2.45) is 7.05 Å². The zero-order valence-corrected chi connectivity index (χ0v) is 16.1. The summed E-state index contributed by atoms with van der Waals surface area (Å²) in [6.07, 6.45) is 2.01. The van der Waals surface area contributed by atoms with Crippen LogP contribution in [-0.2, 0) is 13.5 Å². The molecule has 0 saturated heterocycles. The Balaban J connectivity index is 1.55. The number of anilines is 1. The second kappa shape index (κ2) is 7.65. The van der Waals surface area contributed by atoms with Gasteiger partial charge in [0, 0.05) is 18.9 Å². The molecule has 3 aromatic heterocycles. The third-order valence-electron chi connectivity index (χ3n) is 4.05. The first-order chi connectivity index (χ1) is 13.6. The lowest BCUT2D eigenvalue weighted by Gasteiger charge is -2.09. The quantitative estimate of drug-likeness (QED) is 0.538. The molecule has 1 aromatic carbocycles. The summed E-state index contributed by atoms with van der Waals surface area (Å²) in [6, 6.07) is 11.4. The fourth-order valence-corrected chi connectivity index (χ4v) is 3.41. The van der Waals surface area contributed by atoms with E-state index in [0.717, 1.165) is 10.4 Å². The third kappa shape index (κ3) is 3.65. The Hall–Kier alpha value is -3.46. The van der Waals surface area contributed by atoms with Gasteiger partial charge in [-0.05, 0) is 23.1 Å². The van der Waals surface area contributed by atoms with Gasteiger partial charge in [0.1, 0.15) is 5.56 Å². The molecule has 4 aromatic rings. The first-order valence-electron chi connectivity index (χ1n) is 8.47. The van der Waals surface area contributed by atoms with E-state index in [4.69, 9.17) is 9.26 Å². The molecular formula is C19H17N5O3S. The van der Waals surface area contributed by atoms with Crippen molar-refractivity contribution in [1.82, 2.24) is 19.9 Å². The Bertz CT molecular complexity index is 1100. The van der Waals surface area contributed by atoms with Gasteiger partial charge in [-0.15, -0.1) is 16.4 Å². The summed E-state index contributed by atoms with van der Waals surface area (Å²) in [5.41, 5.74) is 1.88. The van der Waals surface area contributed by atoms with Crippen LogP contribution in [0.3, 0.4) is 0 Å². The van der Waals surface area contributed by atoms with Gasteiger partial charge in [0.15, 0.2) is 0 Å². The minimum atomic E-state index is -0.304. The molecular weight excluding hydrogens is 378 g/mol. The lowest BCUT2D eigenvalue weighted by molar-refractivity contribution is 0.102. The molecule has 0 aliphatic rings. The van der Waals surface area contributed by atoms with Crippen LogP contribution in [0.5, 0.6) is 5.88 Å². The van der Waals surface area contributed by atoms with Crippen molar-refractivity contribution >= 4 is 22.9 Å². The number of aryl methyl sites for hydroxylation is 1. The van der Waals surface area contributed by atoms with Gasteiger partial charge < -0.3 is 14.6 Å². The largest absolute Gasteiger partial charge is 0.479 e. The number of carbonyl (C=O) groups is 1. The second-order valence-electron chi connectivity index (χ2n) is 6.00. The number of amides is 1. The maximum absolute atomic E-state index is 12.7. The molecule has 9 heteroatoms. The van der Waals surface area contributed by atoms with E-state index in [-0.39, 0.29) is 11.8 Å². The van der Waals surface area contributed by atoms with Crippen molar-refractivity contribution in [3.05, 3.63) is 65.0 Å². The number of para-hydroxylation sites is 1. The average Bonchev–Trinajstić information content (AvgIpc) is 3.43. The van der Waals surface area contributed by atoms with E-state index in [2.05, 4.69) is 20.6 Å². The van der Waals surface area contributed by atoms with Crippen LogP contribution in [0, 0.1) is 0 Å². The summed E-state index contributed by atoms with van der Waals surface area (Å²) in [5, 5.41) is 13.0. The van der Waals surface area contributed by atoms with Crippen molar-refractivity contribution in [2.45, 2.75) is 6.42 Å². The van der Waals surface area contributed by atoms with Crippen molar-refractivity contribution in [3.8, 4) is 16.6 Å². The van der Waals surface area contributed by atoms with Crippen LogP contribution in [0.25, 0.3) is 10.7 Å². The maximum Gasteiger partial charge on any atom is 0.262 e. The number of thiophene rings is 1. The summed E-state index contributed by atoms with van der Waals surface area (Å²) in [6.45, 7) is 0. The summed E-state index contributed by atoms with van der Waals surface area (Å²) in [7, 11) is 3.21. The highest BCUT2D eigenvalue weighted by atomic mass is 32.1. The van der Waals surface area contributed by atoms with Gasteiger partial charge in [0.25, 0.3) is 5.91 Å². The smallest absolute Gasteiger partial charge is 0.262 e. The number of hydrogen-bond donors (Lipinski definition) is 1. The topological polar surface area (TPSA) is 95.1 Å². The van der Waals surface area contributed by atoms with Gasteiger partial charge in [-0.3, -0.25) is 9.48 Å². The average molecular weight is 395 g/mol. The van der Waals surface area contributed by atoms with Gasteiger partial charge in [0.2, 0.25) is 17.6 Å². The molecule has 0 bridgehead atoms. The SMILES string of the molecule is COc1nn(C)cc1C(=O)Nc1ccccc1Cc1nc(-c2cccs2)no1. The third-order valence-corrected chi connectivity index (χ3v) is 4.92. The summed E-state index contributed by atoms with van der Waals surface area (Å²) >= 11 is 1.55. The highest BCUT2D eigenvalue weighted by molar-refractivity contribution is 7.13. The van der Waals surface area contributed by atoms with Crippen molar-refractivity contribution in [1.29, 1.82) is 0 Å². The first kappa shape index (κ1) is 17.9. The van der Waals surface area contributed by atoms with Crippen LogP contribution >= 0.6 is 11.3 Å². The fraction of sp³-hybridized carbons (Fsp3) is 0.158. The minimum absolute atomic E-state index is 0.273. The summed E-state index contributed by atoms with van der Waals surface area (Å²) in [5.74, 6) is 1.01. The molecule has 0 atom stereocenters. The fourth-order valence-electron chi connectivity index (χ4n) is 2.76. The standard InChI is InChI=1S/C19H17N5O3S/c1-24-11-13(19(22-24)26-2)18(25)20-14-7-4-3-6-12(14)10-16-21-17(23-27-16)15-8-5-9-28-15/h3-9,11H,10H2,1-2H3,(H,20,25). The van der Waals surface area contributed by atoms with Crippen LogP contribution in [0.2, 0.25) is 0 Å². The summed E-state index contributed by atoms with van der Waals surface area (Å²) in [4.78, 5) is 18.1. The van der Waals surface area contributed by atoms with Gasteiger partial charge in [-0.25, -0.2) is 0 Å². The zero-order valence-electron chi connectivity index (χ0n) is 15.2. The Kier molecular flexibility index (Phi) is 4.90. The van der Waals surface area contributed by atoms with Crippen molar-refractivity contribution in [2.75, 3.05) is 12.4 Å². The van der Waals surface area contributed by atoms with Crippen LogP contribution in [0.15, 0.2) is 52.5 Å². The van der Waals surface area contributed by atoms with Crippen LogP contribution in [0.4, 0.5) is 5.69 Å². The van der Waals surface area contributed by atoms with E-state index >= 15 is 0 Å². The molecule has 0 aliphatic carbocycles. The van der Waals surface area contributed by atoms with E-state index in [1.165, 1.54) is 11.8 Å². The second-order valence-corrected chi connectivity index (χ2v) is 6.95. The predicted molar refractivity (Wildman–Crippen MR) is 105 cm³/mol. The number of aromatic nitrogens is 4. The molecule has 4 rings (SSSR count). The zero-order chi connectivity index (χ0) is 19.5. The lowest BCUT2D eigenvalue weighted by Crippen LogP contribution is -2.13. The molecule has 0 saturated carbocycles. The number of nitrogens with zero attached hydrogens (tertiary/aromatic N) is 4. The number of rotatable bonds is 6. The first-order valence-corrected chi connectivity index (χ1v) is 9.35. The number of methoxy groups -OCH3 is 1. The van der Waals surface area contributed by atoms with Crippen molar-refractivity contribution < 1.29 is 14.1 Å². The van der Waals surface area contributed by atoms with E-state index < -0.39 is 0 Å². The highest BCUT2D eigenvalue weighted by Crippen LogP contribution is 2.24. The molecule has 0 spiro atoms. The van der Waals surface area contributed by atoms with Crippen LogP contribution < -0.4 is 10.1 Å². The van der Waals surface area contributed by atoms with E-state index in [1.807, 2.05) is 41.8 Å². The number of nitrogens with one attached hydrogen (secondary N) is 1. The molecule has 3 heterocycles. The van der Waals surface area contributed by atoms with E-state index in [9.17, 15) is 4.79 Å². The Labute approximate surface area is 164 Å².